The number of hydrogen-bond acceptors (Lipinski definition) is 0. The summed E-state index contributed by atoms with van der Waals surface area (Å²) in [4.78, 5) is 0. The lowest BCUT2D eigenvalue weighted by Gasteiger charge is -1.81. The third kappa shape index (κ3) is 3.20. The first-order chi connectivity index (χ1) is 3.93. The molecule has 0 N–H and O–H groups in total. The van der Waals surface area contributed by atoms with Crippen LogP contribution in [0.3, 0.4) is 0 Å². The van der Waals surface area contributed by atoms with Crippen LogP contribution in [-0.4, -0.2) is 0 Å². The van der Waals surface area contributed by atoms with Crippen molar-refractivity contribution in [1.29, 1.82) is 0 Å². The van der Waals surface area contributed by atoms with Gasteiger partial charge in [0, 0.05) is 0 Å². The number of benzene rings is 1. The molecular formula is C6H7BrClP. The van der Waals surface area contributed by atoms with Gasteiger partial charge in [0.25, 0.3) is 0 Å². The summed E-state index contributed by atoms with van der Waals surface area (Å²) in [6.45, 7) is 0. The van der Waals surface area contributed by atoms with Gasteiger partial charge in [0.15, 0.2) is 0 Å². The van der Waals surface area contributed by atoms with Crippen LogP contribution >= 0.6 is 19.2 Å². The molecule has 0 radical (unpaired) electrons. The first-order valence-electron chi connectivity index (χ1n) is 2.42. The Bertz CT molecular complexity index is 154. The van der Waals surface area contributed by atoms with E-state index < -0.39 is 0 Å². The van der Waals surface area contributed by atoms with Gasteiger partial charge in [-0.2, -0.15) is 0 Å². The van der Waals surface area contributed by atoms with Crippen molar-refractivity contribution < 1.29 is 17.0 Å². The van der Waals surface area contributed by atoms with Gasteiger partial charge in [-0.05, 0) is 12.1 Å². The Balaban J connectivity index is 0.000000640. The van der Waals surface area contributed by atoms with Gasteiger partial charge in [-0.3, -0.25) is 0 Å². The Morgan fingerprint density at radius 2 is 1.67 bits per heavy atom. The van der Waals surface area contributed by atoms with Crippen LogP contribution in [0.1, 0.15) is 0 Å². The fourth-order valence-corrected chi connectivity index (χ4v) is 1.33. The lowest BCUT2D eigenvalue weighted by atomic mass is 10.4. The van der Waals surface area contributed by atoms with Gasteiger partial charge >= 0.3 is 0 Å². The molecule has 0 bridgehead atoms. The Morgan fingerprint density at radius 1 is 1.11 bits per heavy atom. The molecule has 1 unspecified atom stereocenters. The topological polar surface area (TPSA) is 0 Å². The third-order valence-corrected chi connectivity index (χ3v) is 2.32. The molecular weight excluding hydrogens is 218 g/mol. The van der Waals surface area contributed by atoms with E-state index in [1.54, 1.807) is 0 Å². The van der Waals surface area contributed by atoms with Crippen LogP contribution in [0.4, 0.5) is 0 Å². The molecule has 1 aromatic carbocycles. The van der Waals surface area contributed by atoms with Crippen LogP contribution in [0.2, 0.25) is 0 Å². The van der Waals surface area contributed by atoms with E-state index in [9.17, 15) is 0 Å². The van der Waals surface area contributed by atoms with Crippen LogP contribution in [0, 0.1) is 0 Å². The Kier molecular flexibility index (Phi) is 5.47. The van der Waals surface area contributed by atoms with Gasteiger partial charge in [0.05, 0.1) is 11.2 Å². The van der Waals surface area contributed by atoms with E-state index in [4.69, 9.17) is 11.2 Å². The quantitative estimate of drug-likeness (QED) is 0.531. The Hall–Kier alpha value is 0.420. The third-order valence-electron chi connectivity index (χ3n) is 0.926. The zero-order chi connectivity index (χ0) is 5.82. The largest absolute Gasteiger partial charge is 1.00 e. The minimum Gasteiger partial charge on any atom is -1.00 e. The van der Waals surface area contributed by atoms with Crippen molar-refractivity contribution in [3.05, 3.63) is 30.3 Å². The summed E-state index contributed by atoms with van der Waals surface area (Å²) >= 11 is 5.61. The maximum absolute atomic E-state index is 5.61. The van der Waals surface area contributed by atoms with Crippen molar-refractivity contribution in [2.75, 3.05) is 0 Å². The van der Waals surface area contributed by atoms with E-state index in [1.807, 2.05) is 30.3 Å². The zero-order valence-corrected chi connectivity index (χ0v) is 8.22. The summed E-state index contributed by atoms with van der Waals surface area (Å²) in [7, 11) is -0.0171. The highest BCUT2D eigenvalue weighted by atomic mass is 79.9. The molecule has 0 aliphatic rings. The van der Waals surface area contributed by atoms with E-state index >= 15 is 0 Å². The summed E-state index contributed by atoms with van der Waals surface area (Å²) in [5.74, 6) is 0. The molecule has 0 fully saturated rings. The van der Waals surface area contributed by atoms with E-state index in [0.717, 1.165) is 0 Å². The van der Waals surface area contributed by atoms with Gasteiger partial charge in [0.2, 0.25) is 0 Å². The highest BCUT2D eigenvalue weighted by molar-refractivity contribution is 7.74. The van der Waals surface area contributed by atoms with Crippen LogP contribution in [-0.2, 0) is 0 Å². The summed E-state index contributed by atoms with van der Waals surface area (Å²) < 4.78 is 0. The molecule has 50 valence electrons. The number of hydrogen-bond donors (Lipinski definition) is 0. The Morgan fingerprint density at radius 3 is 2.00 bits per heavy atom. The monoisotopic (exact) mass is 224 g/mol. The second-order valence-corrected chi connectivity index (χ2v) is 3.06. The second-order valence-electron chi connectivity index (χ2n) is 1.52. The molecule has 0 spiro atoms. The summed E-state index contributed by atoms with van der Waals surface area (Å²) in [6, 6.07) is 10.1. The lowest BCUT2D eigenvalue weighted by molar-refractivity contribution is -0.00000142. The Labute approximate surface area is 72.0 Å². The van der Waals surface area contributed by atoms with Crippen molar-refractivity contribution >= 4 is 24.5 Å². The molecule has 1 atom stereocenters. The van der Waals surface area contributed by atoms with Gasteiger partial charge in [0.1, 0.15) is 13.2 Å². The highest BCUT2D eigenvalue weighted by Crippen LogP contribution is 2.13. The highest BCUT2D eigenvalue weighted by Gasteiger charge is 1.90. The van der Waals surface area contributed by atoms with E-state index in [-0.39, 0.29) is 24.9 Å². The second kappa shape index (κ2) is 5.22. The molecule has 3 heteroatoms. The van der Waals surface area contributed by atoms with Crippen molar-refractivity contribution in [1.82, 2.24) is 0 Å². The first kappa shape index (κ1) is 9.42. The molecule has 0 aliphatic carbocycles. The van der Waals surface area contributed by atoms with E-state index in [1.165, 1.54) is 5.30 Å². The summed E-state index contributed by atoms with van der Waals surface area (Å²) in [6.07, 6.45) is 0. The van der Waals surface area contributed by atoms with Crippen LogP contribution < -0.4 is 22.3 Å². The number of rotatable bonds is 1. The van der Waals surface area contributed by atoms with Crippen LogP contribution in [0.15, 0.2) is 30.3 Å². The fourth-order valence-electron chi connectivity index (χ4n) is 0.526. The maximum Gasteiger partial charge on any atom is 0.120 e. The standard InChI is InChI=1S/C6H6ClP.BrH/c7-8-6-4-2-1-3-5-6;/h1-5,8H;1H. The van der Waals surface area contributed by atoms with Crippen LogP contribution in [0.25, 0.3) is 0 Å². The average molecular weight is 225 g/mol. The van der Waals surface area contributed by atoms with E-state index in [2.05, 4.69) is 0 Å². The molecule has 0 nitrogen and oxygen atoms in total. The molecule has 9 heavy (non-hydrogen) atoms. The average Bonchev–Trinajstić information content (AvgIpc) is 1.90. The molecule has 1 rings (SSSR count). The minimum absolute atomic E-state index is 0. The predicted molar refractivity (Wildman–Crippen MR) is 41.6 cm³/mol. The molecule has 0 heterocycles. The van der Waals surface area contributed by atoms with Crippen LogP contribution in [0.5, 0.6) is 0 Å². The van der Waals surface area contributed by atoms with Gasteiger partial charge in [-0.1, -0.05) is 18.2 Å². The molecule has 0 amide bonds. The molecule has 1 aromatic rings. The predicted octanol–water partition coefficient (Wildman–Crippen LogP) is -1.12. The minimum atomic E-state index is -0.0171. The lowest BCUT2D eigenvalue weighted by Crippen LogP contribution is -3.00. The van der Waals surface area contributed by atoms with Gasteiger partial charge in [-0.15, -0.1) is 0 Å². The van der Waals surface area contributed by atoms with Gasteiger partial charge < -0.3 is 17.0 Å². The smallest absolute Gasteiger partial charge is 0.120 e. The zero-order valence-electron chi connectivity index (χ0n) is 4.72. The SMILES string of the molecule is Cl[PH2+]c1ccccc1.[Br-]. The number of halogens is 2. The van der Waals surface area contributed by atoms with Crippen molar-refractivity contribution in [2.24, 2.45) is 0 Å². The normalized spacial score (nSPS) is 9.44. The molecule has 0 aliphatic heterocycles. The van der Waals surface area contributed by atoms with Crippen molar-refractivity contribution in [3.8, 4) is 0 Å². The maximum atomic E-state index is 5.61. The van der Waals surface area contributed by atoms with Crippen molar-refractivity contribution in [2.45, 2.75) is 0 Å². The van der Waals surface area contributed by atoms with Crippen molar-refractivity contribution in [3.63, 3.8) is 0 Å². The molecule has 0 saturated carbocycles. The summed E-state index contributed by atoms with van der Waals surface area (Å²) in [5, 5.41) is 1.26. The summed E-state index contributed by atoms with van der Waals surface area (Å²) in [5.41, 5.74) is 0. The molecule has 0 saturated heterocycles. The first-order valence-corrected chi connectivity index (χ1v) is 4.74. The van der Waals surface area contributed by atoms with Gasteiger partial charge in [-0.25, -0.2) is 0 Å². The fraction of sp³-hybridized carbons (Fsp3) is 0. The van der Waals surface area contributed by atoms with E-state index in [0.29, 0.717) is 0 Å². The molecule has 0 aromatic heterocycles.